The van der Waals surface area contributed by atoms with Gasteiger partial charge in [-0.3, -0.25) is 4.21 Å². The third-order valence-electron chi connectivity index (χ3n) is 1.23. The number of halogens is 2. The van der Waals surface area contributed by atoms with Crippen LogP contribution in [0.1, 0.15) is 0 Å². The Balaban J connectivity index is 3.33. The minimum absolute atomic E-state index is 0.415. The van der Waals surface area contributed by atoms with Crippen LogP contribution < -0.4 is 5.46 Å². The summed E-state index contributed by atoms with van der Waals surface area (Å²) in [5.74, 6) is -2.00. The Morgan fingerprint density at radius 3 is 2.42 bits per heavy atom. The molecule has 0 aliphatic heterocycles. The van der Waals surface area contributed by atoms with Gasteiger partial charge in [0.1, 0.15) is 19.5 Å². The smallest absolute Gasteiger partial charge is 0.137 e. The van der Waals surface area contributed by atoms with Gasteiger partial charge in [0.25, 0.3) is 0 Å². The molecule has 0 aliphatic rings. The minimum atomic E-state index is -2.78. The van der Waals surface area contributed by atoms with Crippen molar-refractivity contribution in [2.75, 3.05) is 0 Å². The lowest BCUT2D eigenvalue weighted by molar-refractivity contribution is 0.519. The molecule has 1 atom stereocenters. The second kappa shape index (κ2) is 3.32. The van der Waals surface area contributed by atoms with Crippen molar-refractivity contribution in [1.82, 2.24) is 0 Å². The maximum absolute atomic E-state index is 12.6. The monoisotopic (exact) mass is 187 g/mol. The molecule has 0 spiro atoms. The summed E-state index contributed by atoms with van der Waals surface area (Å²) in [4.78, 5) is -0.721. The van der Waals surface area contributed by atoms with E-state index < -0.39 is 33.1 Å². The van der Waals surface area contributed by atoms with Crippen LogP contribution in [0.5, 0.6) is 0 Å². The van der Waals surface area contributed by atoms with Crippen LogP contribution in [0.4, 0.5) is 8.78 Å². The predicted octanol–water partition coefficient (Wildman–Crippen LogP) is -0.00340. The summed E-state index contributed by atoms with van der Waals surface area (Å²) in [6.07, 6.45) is 0. The van der Waals surface area contributed by atoms with Gasteiger partial charge >= 0.3 is 0 Å². The maximum atomic E-state index is 12.6. The highest BCUT2D eigenvalue weighted by atomic mass is 32.2. The van der Waals surface area contributed by atoms with Crippen LogP contribution in [0, 0.1) is 11.6 Å². The van der Waals surface area contributed by atoms with Crippen molar-refractivity contribution in [2.45, 2.75) is 4.90 Å². The molecule has 0 fully saturated rings. The second-order valence-electron chi connectivity index (χ2n) is 2.04. The molecule has 1 aromatic rings. The Labute approximate surface area is 71.3 Å². The van der Waals surface area contributed by atoms with E-state index in [-0.39, 0.29) is 0 Å². The van der Waals surface area contributed by atoms with Gasteiger partial charge in [-0.25, -0.2) is 8.78 Å². The Hall–Kier alpha value is -0.745. The highest BCUT2D eigenvalue weighted by molar-refractivity contribution is 7.79. The Kier molecular flexibility index (Phi) is 2.59. The fraction of sp³-hybridized carbons (Fsp3) is 0. The first-order valence-corrected chi connectivity index (χ1v) is 3.93. The first kappa shape index (κ1) is 9.34. The van der Waals surface area contributed by atoms with Crippen LogP contribution in [0.2, 0.25) is 0 Å². The summed E-state index contributed by atoms with van der Waals surface area (Å²) < 4.78 is 45.7. The fourth-order valence-electron chi connectivity index (χ4n) is 0.672. The Morgan fingerprint density at radius 2 is 1.92 bits per heavy atom. The topological polar surface area (TPSA) is 40.1 Å². The van der Waals surface area contributed by atoms with E-state index in [0.29, 0.717) is 12.1 Å². The predicted molar refractivity (Wildman–Crippen MR) is 38.9 cm³/mol. The standard InChI is InChI=1S/C6H3BF2O2S/c7-3-1-5(9)6(12(10)11)2-4(3)8/h1-2H,(H,10,11)/p-1. The minimum Gasteiger partial charge on any atom is -0.768 e. The van der Waals surface area contributed by atoms with E-state index in [1.807, 2.05) is 0 Å². The SMILES string of the molecule is [B]c1cc(F)c(S(=O)[O-])cc1F. The zero-order valence-corrected chi connectivity index (χ0v) is 6.53. The summed E-state index contributed by atoms with van der Waals surface area (Å²) in [7, 11) is 4.97. The highest BCUT2D eigenvalue weighted by Gasteiger charge is 2.06. The molecule has 0 saturated carbocycles. The molecule has 0 saturated heterocycles. The van der Waals surface area contributed by atoms with E-state index in [1.54, 1.807) is 0 Å². The molecule has 0 N–H and O–H groups in total. The molecule has 0 aliphatic carbocycles. The Bertz CT molecular complexity index is 343. The van der Waals surface area contributed by atoms with Crippen LogP contribution >= 0.6 is 0 Å². The van der Waals surface area contributed by atoms with Crippen LogP contribution in [0.25, 0.3) is 0 Å². The summed E-state index contributed by atoms with van der Waals surface area (Å²) in [5, 5.41) is 0. The molecular formula is C6H2BF2O2S-. The van der Waals surface area contributed by atoms with E-state index >= 15 is 0 Å². The molecule has 6 heteroatoms. The largest absolute Gasteiger partial charge is 0.768 e. The molecule has 12 heavy (non-hydrogen) atoms. The van der Waals surface area contributed by atoms with Crippen LogP contribution in [0.15, 0.2) is 17.0 Å². The Morgan fingerprint density at radius 1 is 1.33 bits per heavy atom. The molecule has 0 amide bonds. The van der Waals surface area contributed by atoms with Crippen molar-refractivity contribution >= 4 is 24.4 Å². The van der Waals surface area contributed by atoms with Crippen LogP contribution in [-0.2, 0) is 11.1 Å². The summed E-state index contributed by atoms with van der Waals surface area (Å²) in [5.41, 5.74) is -0.415. The quantitative estimate of drug-likeness (QED) is 0.458. The van der Waals surface area contributed by atoms with Crippen molar-refractivity contribution in [3.8, 4) is 0 Å². The van der Waals surface area contributed by atoms with E-state index in [9.17, 15) is 17.5 Å². The second-order valence-corrected chi connectivity index (χ2v) is 2.95. The van der Waals surface area contributed by atoms with Gasteiger partial charge in [0.2, 0.25) is 0 Å². The lowest BCUT2D eigenvalue weighted by Crippen LogP contribution is -2.11. The lowest BCUT2D eigenvalue weighted by atomic mass is 9.96. The van der Waals surface area contributed by atoms with E-state index in [1.165, 1.54) is 0 Å². The average molecular weight is 187 g/mol. The number of rotatable bonds is 1. The zero-order valence-electron chi connectivity index (χ0n) is 5.71. The van der Waals surface area contributed by atoms with Gasteiger partial charge in [0.15, 0.2) is 0 Å². The molecule has 0 heterocycles. The van der Waals surface area contributed by atoms with Crippen molar-refractivity contribution in [2.24, 2.45) is 0 Å². The molecule has 1 rings (SSSR count). The molecule has 1 aromatic carbocycles. The van der Waals surface area contributed by atoms with Crippen molar-refractivity contribution < 1.29 is 17.5 Å². The third kappa shape index (κ3) is 1.70. The van der Waals surface area contributed by atoms with Crippen LogP contribution in [0.3, 0.4) is 0 Å². The highest BCUT2D eigenvalue weighted by Crippen LogP contribution is 2.10. The van der Waals surface area contributed by atoms with Gasteiger partial charge < -0.3 is 4.55 Å². The van der Waals surface area contributed by atoms with E-state index in [4.69, 9.17) is 7.85 Å². The average Bonchev–Trinajstić information content (AvgIpc) is 1.96. The third-order valence-corrected chi connectivity index (χ3v) is 1.90. The van der Waals surface area contributed by atoms with Gasteiger partial charge in [0, 0.05) is 0 Å². The summed E-state index contributed by atoms with van der Waals surface area (Å²) in [6.45, 7) is 0. The molecule has 2 nitrogen and oxygen atoms in total. The van der Waals surface area contributed by atoms with Crippen molar-refractivity contribution in [1.29, 1.82) is 0 Å². The zero-order chi connectivity index (χ0) is 9.30. The molecule has 0 aromatic heterocycles. The van der Waals surface area contributed by atoms with E-state index in [0.717, 1.165) is 0 Å². The normalized spacial score (nSPS) is 12.9. The summed E-state index contributed by atoms with van der Waals surface area (Å²) in [6, 6.07) is 1.16. The number of hydrogen-bond donors (Lipinski definition) is 0. The van der Waals surface area contributed by atoms with Gasteiger partial charge in [-0.05, 0) is 23.2 Å². The van der Waals surface area contributed by atoms with E-state index in [2.05, 4.69) is 0 Å². The number of benzene rings is 1. The molecule has 0 bridgehead atoms. The van der Waals surface area contributed by atoms with Crippen molar-refractivity contribution in [3.05, 3.63) is 23.8 Å². The number of hydrogen-bond acceptors (Lipinski definition) is 2. The molecule has 1 unspecified atom stereocenters. The molecule has 62 valence electrons. The van der Waals surface area contributed by atoms with Gasteiger partial charge in [-0.2, -0.15) is 0 Å². The summed E-state index contributed by atoms with van der Waals surface area (Å²) >= 11 is -2.78. The van der Waals surface area contributed by atoms with Crippen molar-refractivity contribution in [3.63, 3.8) is 0 Å². The van der Waals surface area contributed by atoms with Gasteiger partial charge in [0.05, 0.1) is 4.90 Å². The van der Waals surface area contributed by atoms with Gasteiger partial charge in [-0.1, -0.05) is 5.46 Å². The van der Waals surface area contributed by atoms with Crippen LogP contribution in [-0.4, -0.2) is 16.6 Å². The first-order chi connectivity index (χ1) is 5.52. The molecular weight excluding hydrogens is 185 g/mol. The first-order valence-electron chi connectivity index (χ1n) is 2.86. The van der Waals surface area contributed by atoms with Gasteiger partial charge in [-0.15, -0.1) is 0 Å². The maximum Gasteiger partial charge on any atom is 0.137 e. The molecule has 2 radical (unpaired) electrons. The lowest BCUT2D eigenvalue weighted by Gasteiger charge is -2.07. The fourth-order valence-corrected chi connectivity index (χ4v) is 1.09.